The lowest BCUT2D eigenvalue weighted by Crippen LogP contribution is -2.13. The van der Waals surface area contributed by atoms with E-state index in [1.807, 2.05) is 19.1 Å². The van der Waals surface area contributed by atoms with Crippen LogP contribution in [-0.4, -0.2) is 10.9 Å². The number of hydrogen-bond acceptors (Lipinski definition) is 2. The van der Waals surface area contributed by atoms with Crippen LogP contribution in [0.5, 0.6) is 0 Å². The van der Waals surface area contributed by atoms with Gasteiger partial charge in [-0.1, -0.05) is 6.07 Å². The number of pyridine rings is 1. The molecular formula is C16H16N2O. The van der Waals surface area contributed by atoms with Crippen LogP contribution in [-0.2, 0) is 11.2 Å². The van der Waals surface area contributed by atoms with Crippen molar-refractivity contribution in [3.05, 3.63) is 46.8 Å². The van der Waals surface area contributed by atoms with Crippen molar-refractivity contribution in [3.63, 3.8) is 0 Å². The van der Waals surface area contributed by atoms with Gasteiger partial charge in [-0.2, -0.15) is 0 Å². The molecule has 96 valence electrons. The Morgan fingerprint density at radius 1 is 1.05 bits per heavy atom. The van der Waals surface area contributed by atoms with Gasteiger partial charge in [-0.25, -0.2) is 0 Å². The number of aryl methyl sites for hydroxylation is 3. The summed E-state index contributed by atoms with van der Waals surface area (Å²) in [6.45, 7) is 6.09. The van der Waals surface area contributed by atoms with Crippen molar-refractivity contribution in [2.24, 2.45) is 0 Å². The number of nitrogens with one attached hydrogen (secondary N) is 1. The maximum atomic E-state index is 12.0. The summed E-state index contributed by atoms with van der Waals surface area (Å²) < 4.78 is 0. The lowest BCUT2D eigenvalue weighted by Gasteiger charge is -2.12. The van der Waals surface area contributed by atoms with Crippen LogP contribution >= 0.6 is 0 Å². The Labute approximate surface area is 112 Å². The summed E-state index contributed by atoms with van der Waals surface area (Å²) in [6, 6.07) is 8.22. The molecule has 2 aromatic rings. The van der Waals surface area contributed by atoms with E-state index in [0.29, 0.717) is 6.42 Å². The molecule has 1 aromatic heterocycles. The van der Waals surface area contributed by atoms with Crippen molar-refractivity contribution in [1.29, 1.82) is 0 Å². The molecule has 19 heavy (non-hydrogen) atoms. The van der Waals surface area contributed by atoms with E-state index in [9.17, 15) is 4.79 Å². The molecule has 0 unspecified atom stereocenters. The van der Waals surface area contributed by atoms with Crippen LogP contribution in [0, 0.1) is 20.8 Å². The van der Waals surface area contributed by atoms with E-state index in [2.05, 4.69) is 36.3 Å². The number of fused-ring (bicyclic) bond motifs is 3. The van der Waals surface area contributed by atoms with Gasteiger partial charge in [-0.05, 0) is 50.1 Å². The van der Waals surface area contributed by atoms with E-state index in [1.165, 1.54) is 11.1 Å². The van der Waals surface area contributed by atoms with Gasteiger partial charge in [0.2, 0.25) is 5.91 Å². The average molecular weight is 252 g/mol. The molecule has 1 aliphatic heterocycles. The highest BCUT2D eigenvalue weighted by molar-refractivity contribution is 6.00. The van der Waals surface area contributed by atoms with Crippen LogP contribution < -0.4 is 5.32 Å². The van der Waals surface area contributed by atoms with Crippen molar-refractivity contribution < 1.29 is 4.79 Å². The summed E-state index contributed by atoms with van der Waals surface area (Å²) >= 11 is 0. The molecule has 1 aliphatic rings. The second kappa shape index (κ2) is 4.19. The molecule has 3 rings (SSSR count). The highest BCUT2D eigenvalue weighted by Crippen LogP contribution is 2.35. The number of amides is 1. The number of hydrogen-bond donors (Lipinski definition) is 1. The van der Waals surface area contributed by atoms with Crippen molar-refractivity contribution >= 4 is 11.6 Å². The summed E-state index contributed by atoms with van der Waals surface area (Å²) in [7, 11) is 0. The molecule has 0 atom stereocenters. The van der Waals surface area contributed by atoms with E-state index in [-0.39, 0.29) is 5.91 Å². The molecule has 1 amide bonds. The molecule has 2 heterocycles. The van der Waals surface area contributed by atoms with Gasteiger partial charge in [0.05, 0.1) is 12.1 Å². The molecule has 0 spiro atoms. The number of aromatic nitrogens is 1. The molecular weight excluding hydrogens is 236 g/mol. The van der Waals surface area contributed by atoms with E-state index in [0.717, 1.165) is 28.2 Å². The minimum Gasteiger partial charge on any atom is -0.325 e. The standard InChI is InChI=1S/C16H16N2O/c1-9-6-13-12-5-4-11(3)17-15(12)8-16(19)18-14(13)7-10(9)2/h4-7H,8H2,1-3H3,(H,18,19). The first-order chi connectivity index (χ1) is 9.04. The summed E-state index contributed by atoms with van der Waals surface area (Å²) in [5.41, 5.74) is 7.22. The van der Waals surface area contributed by atoms with Crippen molar-refractivity contribution in [3.8, 4) is 11.1 Å². The quantitative estimate of drug-likeness (QED) is 0.782. The minimum atomic E-state index is 0.00125. The lowest BCUT2D eigenvalue weighted by molar-refractivity contribution is -0.115. The van der Waals surface area contributed by atoms with Gasteiger partial charge in [0.15, 0.2) is 0 Å². The van der Waals surface area contributed by atoms with E-state index < -0.39 is 0 Å². The van der Waals surface area contributed by atoms with Crippen LogP contribution in [0.4, 0.5) is 5.69 Å². The zero-order valence-corrected chi connectivity index (χ0v) is 11.4. The number of benzene rings is 1. The van der Waals surface area contributed by atoms with E-state index in [1.54, 1.807) is 0 Å². The lowest BCUT2D eigenvalue weighted by atomic mass is 9.97. The fraction of sp³-hybridized carbons (Fsp3) is 0.250. The molecule has 0 radical (unpaired) electrons. The average Bonchev–Trinajstić information content (AvgIpc) is 2.45. The first kappa shape index (κ1) is 11.9. The second-order valence-electron chi connectivity index (χ2n) is 5.15. The normalized spacial score (nSPS) is 13.3. The van der Waals surface area contributed by atoms with Crippen LogP contribution in [0.25, 0.3) is 11.1 Å². The van der Waals surface area contributed by atoms with Gasteiger partial charge >= 0.3 is 0 Å². The third kappa shape index (κ3) is 2.01. The fourth-order valence-electron chi connectivity index (χ4n) is 2.48. The summed E-state index contributed by atoms with van der Waals surface area (Å²) in [5.74, 6) is 0.00125. The fourth-order valence-corrected chi connectivity index (χ4v) is 2.48. The minimum absolute atomic E-state index is 0.00125. The van der Waals surface area contributed by atoms with Gasteiger partial charge in [0.25, 0.3) is 0 Å². The molecule has 0 saturated heterocycles. The van der Waals surface area contributed by atoms with Crippen molar-refractivity contribution in [2.75, 3.05) is 5.32 Å². The molecule has 0 fully saturated rings. The van der Waals surface area contributed by atoms with Gasteiger partial charge in [0.1, 0.15) is 0 Å². The second-order valence-corrected chi connectivity index (χ2v) is 5.15. The van der Waals surface area contributed by atoms with Gasteiger partial charge in [-0.15, -0.1) is 0 Å². The Morgan fingerprint density at radius 3 is 2.58 bits per heavy atom. The first-order valence-corrected chi connectivity index (χ1v) is 6.42. The van der Waals surface area contributed by atoms with Gasteiger partial charge in [-0.3, -0.25) is 9.78 Å². The zero-order valence-electron chi connectivity index (χ0n) is 11.4. The zero-order chi connectivity index (χ0) is 13.6. The van der Waals surface area contributed by atoms with Crippen LogP contribution in [0.15, 0.2) is 24.3 Å². The third-order valence-electron chi connectivity index (χ3n) is 3.64. The Hall–Kier alpha value is -2.16. The van der Waals surface area contributed by atoms with Gasteiger partial charge < -0.3 is 5.32 Å². The van der Waals surface area contributed by atoms with Crippen LogP contribution in [0.2, 0.25) is 0 Å². The Kier molecular flexibility index (Phi) is 2.63. The van der Waals surface area contributed by atoms with Crippen LogP contribution in [0.3, 0.4) is 0 Å². The van der Waals surface area contributed by atoms with Crippen molar-refractivity contribution in [1.82, 2.24) is 4.98 Å². The third-order valence-corrected chi connectivity index (χ3v) is 3.64. The highest BCUT2D eigenvalue weighted by atomic mass is 16.1. The Bertz CT molecular complexity index is 689. The molecule has 0 bridgehead atoms. The Balaban J connectivity index is 2.31. The summed E-state index contributed by atoms with van der Waals surface area (Å²) in [6.07, 6.45) is 0.337. The Morgan fingerprint density at radius 2 is 1.79 bits per heavy atom. The van der Waals surface area contributed by atoms with E-state index >= 15 is 0 Å². The molecule has 0 saturated carbocycles. The predicted molar refractivity (Wildman–Crippen MR) is 76.2 cm³/mol. The predicted octanol–water partition coefficient (Wildman–Crippen LogP) is 3.17. The van der Waals surface area contributed by atoms with E-state index in [4.69, 9.17) is 0 Å². The monoisotopic (exact) mass is 252 g/mol. The number of carbonyl (C=O) groups excluding carboxylic acids is 1. The number of carbonyl (C=O) groups is 1. The molecule has 0 aliphatic carbocycles. The smallest absolute Gasteiger partial charge is 0.230 e. The highest BCUT2D eigenvalue weighted by Gasteiger charge is 2.20. The largest absolute Gasteiger partial charge is 0.325 e. The molecule has 3 heteroatoms. The van der Waals surface area contributed by atoms with Crippen molar-refractivity contribution in [2.45, 2.75) is 27.2 Å². The summed E-state index contributed by atoms with van der Waals surface area (Å²) in [4.78, 5) is 16.5. The molecule has 1 aromatic carbocycles. The van der Waals surface area contributed by atoms with Gasteiger partial charge in [0, 0.05) is 22.5 Å². The summed E-state index contributed by atoms with van der Waals surface area (Å²) in [5, 5.41) is 2.98. The number of rotatable bonds is 0. The number of anilines is 1. The number of nitrogens with zero attached hydrogens (tertiary/aromatic N) is 1. The maximum absolute atomic E-state index is 12.0. The van der Waals surface area contributed by atoms with Crippen LogP contribution in [0.1, 0.15) is 22.5 Å². The maximum Gasteiger partial charge on any atom is 0.230 e. The SMILES string of the molecule is Cc1ccc2c(n1)CC(=O)Nc1cc(C)c(C)cc1-2. The topological polar surface area (TPSA) is 42.0 Å². The first-order valence-electron chi connectivity index (χ1n) is 6.42. The molecule has 3 nitrogen and oxygen atoms in total. The molecule has 1 N–H and O–H groups in total.